The van der Waals surface area contributed by atoms with Gasteiger partial charge in [-0.3, -0.25) is 4.79 Å². The third-order valence-electron chi connectivity index (χ3n) is 1.67. The summed E-state index contributed by atoms with van der Waals surface area (Å²) in [6.07, 6.45) is 0. The summed E-state index contributed by atoms with van der Waals surface area (Å²) in [5.74, 6) is -1.93. The third-order valence-corrected chi connectivity index (χ3v) is 1.67. The van der Waals surface area contributed by atoms with Crippen LogP contribution in [0, 0.1) is 17.1 Å². The number of nitriles is 1. The van der Waals surface area contributed by atoms with Crippen LogP contribution in [-0.2, 0) is 4.79 Å². The smallest absolute Gasteiger partial charge is 0.325 e. The second kappa shape index (κ2) is 3.85. The molecule has 0 aromatic heterocycles. The largest absolute Gasteiger partial charge is 0.480 e. The summed E-state index contributed by atoms with van der Waals surface area (Å²) < 4.78 is 12.8. The molecule has 0 amide bonds. The van der Waals surface area contributed by atoms with Gasteiger partial charge >= 0.3 is 5.97 Å². The Balaban J connectivity index is 3.17. The van der Waals surface area contributed by atoms with Crippen LogP contribution in [0.2, 0.25) is 0 Å². The highest BCUT2D eigenvalue weighted by atomic mass is 19.1. The van der Waals surface area contributed by atoms with E-state index in [2.05, 4.69) is 0 Å². The van der Waals surface area contributed by atoms with E-state index < -0.39 is 17.8 Å². The Bertz CT molecular complexity index is 412. The first-order valence-corrected chi connectivity index (χ1v) is 3.73. The normalized spacial score (nSPS) is 11.8. The summed E-state index contributed by atoms with van der Waals surface area (Å²) in [6, 6.07) is 3.67. The van der Waals surface area contributed by atoms with Crippen LogP contribution < -0.4 is 5.73 Å². The molecule has 72 valence electrons. The maximum atomic E-state index is 12.8. The standard InChI is InChI=1S/C9H7FN2O2/c10-7-2-5(4-11)1-6(3-7)8(12)9(13)14/h1-3,8H,12H2,(H,13,14)/t8-/m1/s1. The molecule has 0 aliphatic heterocycles. The van der Waals surface area contributed by atoms with Crippen LogP contribution >= 0.6 is 0 Å². The molecule has 0 aliphatic carbocycles. The predicted octanol–water partition coefficient (Wildman–Crippen LogP) is 0.782. The summed E-state index contributed by atoms with van der Waals surface area (Å²) in [7, 11) is 0. The van der Waals surface area contributed by atoms with Crippen LogP contribution in [0.3, 0.4) is 0 Å². The van der Waals surface area contributed by atoms with E-state index in [0.717, 1.165) is 12.1 Å². The van der Waals surface area contributed by atoms with E-state index in [1.54, 1.807) is 6.07 Å². The van der Waals surface area contributed by atoms with Crippen LogP contribution in [0.15, 0.2) is 18.2 Å². The Morgan fingerprint density at radius 1 is 1.57 bits per heavy atom. The van der Waals surface area contributed by atoms with Gasteiger partial charge in [0.1, 0.15) is 11.9 Å². The van der Waals surface area contributed by atoms with Crippen molar-refractivity contribution in [3.8, 4) is 6.07 Å². The van der Waals surface area contributed by atoms with Crippen LogP contribution in [-0.4, -0.2) is 11.1 Å². The van der Waals surface area contributed by atoms with Crippen molar-refractivity contribution in [2.75, 3.05) is 0 Å². The fourth-order valence-electron chi connectivity index (χ4n) is 0.999. The van der Waals surface area contributed by atoms with Gasteiger partial charge in [0, 0.05) is 0 Å². The molecule has 14 heavy (non-hydrogen) atoms. The number of hydrogen-bond donors (Lipinski definition) is 2. The molecule has 0 radical (unpaired) electrons. The topological polar surface area (TPSA) is 87.1 Å². The van der Waals surface area contributed by atoms with Crippen molar-refractivity contribution in [3.05, 3.63) is 35.1 Å². The first-order valence-electron chi connectivity index (χ1n) is 3.73. The predicted molar refractivity (Wildman–Crippen MR) is 45.7 cm³/mol. The van der Waals surface area contributed by atoms with E-state index in [1.165, 1.54) is 6.07 Å². The highest BCUT2D eigenvalue weighted by Crippen LogP contribution is 2.14. The first-order chi connectivity index (χ1) is 6.54. The summed E-state index contributed by atoms with van der Waals surface area (Å²) in [4.78, 5) is 10.5. The number of benzene rings is 1. The number of nitrogens with two attached hydrogens (primary N) is 1. The van der Waals surface area contributed by atoms with Crippen LogP contribution in [0.1, 0.15) is 17.2 Å². The van der Waals surface area contributed by atoms with Gasteiger partial charge in [0.05, 0.1) is 11.6 Å². The zero-order valence-corrected chi connectivity index (χ0v) is 7.07. The van der Waals surface area contributed by atoms with Gasteiger partial charge in [-0.05, 0) is 23.8 Å². The minimum absolute atomic E-state index is 0.0525. The lowest BCUT2D eigenvalue weighted by Crippen LogP contribution is -2.20. The van der Waals surface area contributed by atoms with Crippen molar-refractivity contribution in [1.29, 1.82) is 5.26 Å². The molecule has 0 saturated carbocycles. The molecule has 1 rings (SSSR count). The Morgan fingerprint density at radius 3 is 2.71 bits per heavy atom. The molecule has 0 aliphatic rings. The molecule has 0 saturated heterocycles. The summed E-state index contributed by atoms with van der Waals surface area (Å²) in [6.45, 7) is 0. The van der Waals surface area contributed by atoms with Gasteiger partial charge in [0.25, 0.3) is 0 Å². The maximum Gasteiger partial charge on any atom is 0.325 e. The zero-order chi connectivity index (χ0) is 10.7. The molecule has 3 N–H and O–H groups in total. The molecule has 1 aromatic carbocycles. The highest BCUT2D eigenvalue weighted by Gasteiger charge is 2.15. The van der Waals surface area contributed by atoms with Crippen molar-refractivity contribution >= 4 is 5.97 Å². The molecule has 5 heteroatoms. The lowest BCUT2D eigenvalue weighted by molar-refractivity contribution is -0.138. The fourth-order valence-corrected chi connectivity index (χ4v) is 0.999. The van der Waals surface area contributed by atoms with Gasteiger partial charge in [-0.25, -0.2) is 4.39 Å². The molecule has 0 heterocycles. The summed E-state index contributed by atoms with van der Waals surface area (Å²) in [5, 5.41) is 17.1. The Kier molecular flexibility index (Phi) is 2.79. The van der Waals surface area contributed by atoms with E-state index in [1.807, 2.05) is 0 Å². The van der Waals surface area contributed by atoms with Crippen molar-refractivity contribution in [3.63, 3.8) is 0 Å². The van der Waals surface area contributed by atoms with E-state index in [4.69, 9.17) is 16.1 Å². The van der Waals surface area contributed by atoms with Crippen LogP contribution in [0.25, 0.3) is 0 Å². The Morgan fingerprint density at radius 2 is 2.21 bits per heavy atom. The lowest BCUT2D eigenvalue weighted by atomic mass is 10.1. The second-order valence-electron chi connectivity index (χ2n) is 2.70. The fraction of sp³-hybridized carbons (Fsp3) is 0.111. The van der Waals surface area contributed by atoms with Crippen molar-refractivity contribution in [2.45, 2.75) is 6.04 Å². The summed E-state index contributed by atoms with van der Waals surface area (Å²) in [5.41, 5.74) is 5.38. The number of carboxylic acids is 1. The van der Waals surface area contributed by atoms with Gasteiger partial charge in [0.15, 0.2) is 0 Å². The van der Waals surface area contributed by atoms with E-state index >= 15 is 0 Å². The van der Waals surface area contributed by atoms with Gasteiger partial charge in [-0.15, -0.1) is 0 Å². The van der Waals surface area contributed by atoms with Gasteiger partial charge < -0.3 is 10.8 Å². The lowest BCUT2D eigenvalue weighted by Gasteiger charge is -2.06. The zero-order valence-electron chi connectivity index (χ0n) is 7.07. The average molecular weight is 194 g/mol. The van der Waals surface area contributed by atoms with E-state index in [-0.39, 0.29) is 11.1 Å². The molecule has 1 atom stereocenters. The molecule has 0 bridgehead atoms. The van der Waals surface area contributed by atoms with E-state index in [0.29, 0.717) is 0 Å². The van der Waals surface area contributed by atoms with Gasteiger partial charge in [-0.2, -0.15) is 5.26 Å². The Hall–Kier alpha value is -1.93. The molecule has 0 spiro atoms. The maximum absolute atomic E-state index is 12.8. The third kappa shape index (κ3) is 2.06. The van der Waals surface area contributed by atoms with Crippen molar-refractivity contribution in [2.24, 2.45) is 5.73 Å². The summed E-state index contributed by atoms with van der Waals surface area (Å²) >= 11 is 0. The van der Waals surface area contributed by atoms with E-state index in [9.17, 15) is 9.18 Å². The number of aliphatic carboxylic acids is 1. The Labute approximate surface area is 79.4 Å². The second-order valence-corrected chi connectivity index (χ2v) is 2.70. The SMILES string of the molecule is N#Cc1cc(F)cc([C@@H](N)C(=O)O)c1. The monoisotopic (exact) mass is 194 g/mol. The number of carbonyl (C=O) groups is 1. The number of hydrogen-bond acceptors (Lipinski definition) is 3. The number of nitrogens with zero attached hydrogens (tertiary/aromatic N) is 1. The number of carboxylic acid groups (broad SMARTS) is 1. The van der Waals surface area contributed by atoms with Gasteiger partial charge in [-0.1, -0.05) is 0 Å². The number of rotatable bonds is 2. The molecule has 4 nitrogen and oxygen atoms in total. The van der Waals surface area contributed by atoms with Crippen LogP contribution in [0.4, 0.5) is 4.39 Å². The first kappa shape index (κ1) is 10.2. The molecular weight excluding hydrogens is 187 g/mol. The molecule has 1 aromatic rings. The quantitative estimate of drug-likeness (QED) is 0.728. The van der Waals surface area contributed by atoms with Gasteiger partial charge in [0.2, 0.25) is 0 Å². The van der Waals surface area contributed by atoms with Crippen LogP contribution in [0.5, 0.6) is 0 Å². The molecular formula is C9H7FN2O2. The average Bonchev–Trinajstić information content (AvgIpc) is 2.15. The molecule has 0 unspecified atom stereocenters. The highest BCUT2D eigenvalue weighted by molar-refractivity contribution is 5.75. The van der Waals surface area contributed by atoms with Crippen molar-refractivity contribution in [1.82, 2.24) is 0 Å². The van der Waals surface area contributed by atoms with Crippen molar-refractivity contribution < 1.29 is 14.3 Å². The number of halogens is 1. The molecule has 0 fully saturated rings. The minimum Gasteiger partial charge on any atom is -0.480 e. The minimum atomic E-state index is -1.31.